The van der Waals surface area contributed by atoms with E-state index < -0.39 is 12.0 Å². The average molecular weight is 266 g/mol. The zero-order chi connectivity index (χ0) is 14.3. The van der Waals surface area contributed by atoms with Crippen molar-refractivity contribution in [3.05, 3.63) is 48.0 Å². The molecule has 0 aliphatic rings. The first kappa shape index (κ1) is 15.3. The molecule has 0 fully saturated rings. The Kier molecular flexibility index (Phi) is 5.61. The zero-order valence-corrected chi connectivity index (χ0v) is 10.5. The quantitative estimate of drug-likeness (QED) is 0.609. The summed E-state index contributed by atoms with van der Waals surface area (Å²) in [5.74, 6) is 0. The monoisotopic (exact) mass is 266 g/mol. The summed E-state index contributed by atoms with van der Waals surface area (Å²) in [5.41, 5.74) is 3.99. The van der Waals surface area contributed by atoms with Gasteiger partial charge in [-0.1, -0.05) is 36.9 Å². The van der Waals surface area contributed by atoms with Gasteiger partial charge >= 0.3 is 0 Å². The van der Waals surface area contributed by atoms with Gasteiger partial charge in [0.2, 0.25) is 0 Å². The van der Waals surface area contributed by atoms with Gasteiger partial charge in [0.25, 0.3) is 6.43 Å². The number of alkyl halides is 2. The maximum absolute atomic E-state index is 12.7. The molecule has 0 radical (unpaired) electrons. The van der Waals surface area contributed by atoms with Crippen LogP contribution in [0.25, 0.3) is 0 Å². The molecule has 0 aliphatic carbocycles. The van der Waals surface area contributed by atoms with Gasteiger partial charge in [0.1, 0.15) is 0 Å². The summed E-state index contributed by atoms with van der Waals surface area (Å²) in [5, 5.41) is 8.70. The molecular weight excluding hydrogens is 250 g/mol. The van der Waals surface area contributed by atoms with Crippen LogP contribution in [0.15, 0.2) is 42.5 Å². The lowest BCUT2D eigenvalue weighted by Crippen LogP contribution is -2.47. The van der Waals surface area contributed by atoms with Crippen molar-refractivity contribution in [2.24, 2.45) is 5.73 Å². The fourth-order valence-corrected chi connectivity index (χ4v) is 1.45. The zero-order valence-electron chi connectivity index (χ0n) is 10.5. The van der Waals surface area contributed by atoms with Gasteiger partial charge in [0.05, 0.1) is 19.3 Å². The van der Waals surface area contributed by atoms with Gasteiger partial charge in [-0.15, -0.1) is 0 Å². The Labute approximate surface area is 111 Å². The first-order valence-corrected chi connectivity index (χ1v) is 5.79. The number of nitrogens with zero attached hydrogens (tertiary/aromatic N) is 1. The van der Waals surface area contributed by atoms with Crippen molar-refractivity contribution in [3.63, 3.8) is 0 Å². The second-order valence-electron chi connectivity index (χ2n) is 4.17. The minimum absolute atomic E-state index is 0.0157. The van der Waals surface area contributed by atoms with Crippen LogP contribution >= 0.6 is 0 Å². The smallest absolute Gasteiger partial charge is 0.273 e. The summed E-state index contributed by atoms with van der Waals surface area (Å²) in [4.78, 5) is 0. The highest BCUT2D eigenvalue weighted by atomic mass is 19.3. The molecule has 0 aliphatic heterocycles. The highest BCUT2D eigenvalue weighted by molar-refractivity contribution is 5.28. The Morgan fingerprint density at radius 2 is 2.05 bits per heavy atom. The molecule has 0 bridgehead atoms. The summed E-state index contributed by atoms with van der Waals surface area (Å²) in [7, 11) is 0. The first-order chi connectivity index (χ1) is 9.00. The van der Waals surface area contributed by atoms with Gasteiger partial charge in [-0.3, -0.25) is 0 Å². The Morgan fingerprint density at radius 1 is 1.42 bits per heavy atom. The highest BCUT2D eigenvalue weighted by Gasteiger charge is 2.38. The predicted octanol–water partition coefficient (Wildman–Crippen LogP) is 2.64. The molecule has 2 N–H and O–H groups in total. The molecule has 1 aromatic rings. The largest absolute Gasteiger partial charge is 0.376 e. The van der Waals surface area contributed by atoms with Crippen molar-refractivity contribution in [1.82, 2.24) is 0 Å². The van der Waals surface area contributed by atoms with Crippen molar-refractivity contribution in [3.8, 4) is 6.07 Å². The molecule has 1 atom stereocenters. The Balaban J connectivity index is 2.38. The van der Waals surface area contributed by atoms with Crippen LogP contribution in [-0.2, 0) is 11.3 Å². The minimum Gasteiger partial charge on any atom is -0.376 e. The minimum atomic E-state index is -2.96. The molecule has 102 valence electrons. The average Bonchev–Trinajstić information content (AvgIpc) is 2.43. The van der Waals surface area contributed by atoms with E-state index in [0.29, 0.717) is 6.61 Å². The third-order valence-corrected chi connectivity index (χ3v) is 2.77. The van der Waals surface area contributed by atoms with Gasteiger partial charge in [0, 0.05) is 0 Å². The Bertz CT molecular complexity index is 456. The summed E-state index contributed by atoms with van der Waals surface area (Å²) >= 11 is 0. The lowest BCUT2D eigenvalue weighted by atomic mass is 9.92. The number of benzene rings is 1. The third-order valence-electron chi connectivity index (χ3n) is 2.77. The third kappa shape index (κ3) is 4.12. The van der Waals surface area contributed by atoms with E-state index in [2.05, 4.69) is 6.58 Å². The number of ether oxygens (including phenoxy) is 1. The van der Waals surface area contributed by atoms with Crippen molar-refractivity contribution >= 4 is 0 Å². The van der Waals surface area contributed by atoms with Crippen LogP contribution in [0.1, 0.15) is 12.0 Å². The maximum atomic E-state index is 12.7. The van der Waals surface area contributed by atoms with E-state index in [1.54, 1.807) is 0 Å². The molecule has 3 nitrogen and oxygen atoms in total. The highest BCUT2D eigenvalue weighted by Crippen LogP contribution is 2.22. The topological polar surface area (TPSA) is 59.0 Å². The normalized spacial score (nSPS) is 13.8. The number of nitriles is 1. The van der Waals surface area contributed by atoms with Crippen molar-refractivity contribution in [1.29, 1.82) is 5.26 Å². The molecular formula is C14H16F2N2O. The summed E-state index contributed by atoms with van der Waals surface area (Å²) < 4.78 is 30.7. The van der Waals surface area contributed by atoms with Crippen molar-refractivity contribution in [2.45, 2.75) is 25.0 Å². The molecule has 19 heavy (non-hydrogen) atoms. The van der Waals surface area contributed by atoms with Gasteiger partial charge in [-0.25, -0.2) is 8.78 Å². The van der Waals surface area contributed by atoms with E-state index in [1.807, 2.05) is 30.3 Å². The molecule has 0 heterocycles. The summed E-state index contributed by atoms with van der Waals surface area (Å²) in [6, 6.07) is 10.9. The second kappa shape index (κ2) is 6.98. The summed E-state index contributed by atoms with van der Waals surface area (Å²) in [6.45, 7) is 4.03. The molecule has 0 spiro atoms. The van der Waals surface area contributed by atoms with Crippen LogP contribution in [0.5, 0.6) is 0 Å². The van der Waals surface area contributed by atoms with Crippen LogP contribution in [0, 0.1) is 11.3 Å². The number of nitrogens with two attached hydrogens (primary N) is 1. The fourth-order valence-electron chi connectivity index (χ4n) is 1.45. The standard InChI is InChI=1S/C14H16F2N2O/c1-11(14(18,10-17)13(15)16)7-8-19-9-12-5-3-2-4-6-12/h2-6,13H,1,7-9,18H2. The van der Waals surface area contributed by atoms with Crippen LogP contribution in [0.3, 0.4) is 0 Å². The predicted molar refractivity (Wildman–Crippen MR) is 68.4 cm³/mol. The molecule has 5 heteroatoms. The van der Waals surface area contributed by atoms with Crippen molar-refractivity contribution in [2.75, 3.05) is 6.61 Å². The Hall–Kier alpha value is -1.77. The van der Waals surface area contributed by atoms with Crippen LogP contribution in [0.2, 0.25) is 0 Å². The number of rotatable bonds is 7. The molecule has 0 saturated carbocycles. The SMILES string of the molecule is C=C(CCOCc1ccccc1)C(N)(C#N)C(F)F. The number of hydrogen-bond donors (Lipinski definition) is 1. The lowest BCUT2D eigenvalue weighted by Gasteiger charge is -2.23. The second-order valence-corrected chi connectivity index (χ2v) is 4.17. The number of hydrogen-bond acceptors (Lipinski definition) is 3. The van der Waals surface area contributed by atoms with Gasteiger partial charge in [-0.05, 0) is 17.6 Å². The molecule has 1 aromatic carbocycles. The van der Waals surface area contributed by atoms with Crippen LogP contribution in [0.4, 0.5) is 8.78 Å². The molecule has 1 unspecified atom stereocenters. The van der Waals surface area contributed by atoms with E-state index in [4.69, 9.17) is 15.7 Å². The van der Waals surface area contributed by atoms with Gasteiger partial charge in [0.15, 0.2) is 5.54 Å². The summed E-state index contributed by atoms with van der Waals surface area (Å²) in [6.07, 6.45) is -2.83. The number of halogens is 2. The van der Waals surface area contributed by atoms with Crippen molar-refractivity contribution < 1.29 is 13.5 Å². The first-order valence-electron chi connectivity index (χ1n) is 5.79. The van der Waals surface area contributed by atoms with E-state index in [-0.39, 0.29) is 18.6 Å². The van der Waals surface area contributed by atoms with E-state index in [1.165, 1.54) is 6.07 Å². The molecule has 0 aromatic heterocycles. The Morgan fingerprint density at radius 3 is 2.58 bits per heavy atom. The van der Waals surface area contributed by atoms with E-state index in [0.717, 1.165) is 5.56 Å². The molecule has 0 saturated heterocycles. The molecule has 1 rings (SSSR count). The molecule has 0 amide bonds. The van der Waals surface area contributed by atoms with E-state index >= 15 is 0 Å². The van der Waals surface area contributed by atoms with Gasteiger partial charge in [-0.2, -0.15) is 5.26 Å². The lowest BCUT2D eigenvalue weighted by molar-refractivity contribution is 0.0895. The van der Waals surface area contributed by atoms with Gasteiger partial charge < -0.3 is 10.5 Å². The van der Waals surface area contributed by atoms with E-state index in [9.17, 15) is 8.78 Å². The fraction of sp³-hybridized carbons (Fsp3) is 0.357. The van der Waals surface area contributed by atoms with Crippen LogP contribution in [-0.4, -0.2) is 18.6 Å². The maximum Gasteiger partial charge on any atom is 0.273 e. The van der Waals surface area contributed by atoms with Crippen LogP contribution < -0.4 is 5.73 Å².